The van der Waals surface area contributed by atoms with Gasteiger partial charge in [-0.25, -0.2) is 4.98 Å². The first kappa shape index (κ1) is 15.3. The summed E-state index contributed by atoms with van der Waals surface area (Å²) in [5.74, 6) is 1.33. The van der Waals surface area contributed by atoms with Crippen molar-refractivity contribution in [3.63, 3.8) is 0 Å². The van der Waals surface area contributed by atoms with Crippen molar-refractivity contribution in [2.75, 3.05) is 31.1 Å². The van der Waals surface area contributed by atoms with Crippen LogP contribution in [0.15, 0.2) is 24.4 Å². The van der Waals surface area contributed by atoms with Gasteiger partial charge in [-0.15, -0.1) is 0 Å². The summed E-state index contributed by atoms with van der Waals surface area (Å²) in [6, 6.07) is 5.94. The zero-order valence-electron chi connectivity index (χ0n) is 13.4. The Bertz CT molecular complexity index is 498. The zero-order chi connectivity index (χ0) is 15.5. The van der Waals surface area contributed by atoms with Crippen molar-refractivity contribution in [3.05, 3.63) is 24.4 Å². The lowest BCUT2D eigenvalue weighted by molar-refractivity contribution is -0.147. The number of hydrogen-bond acceptors (Lipinski definition) is 4. The van der Waals surface area contributed by atoms with Crippen molar-refractivity contribution in [3.8, 4) is 0 Å². The molecule has 0 aliphatic carbocycles. The van der Waals surface area contributed by atoms with Gasteiger partial charge < -0.3 is 14.5 Å². The number of carbonyl (C=O) groups is 1. The van der Waals surface area contributed by atoms with Gasteiger partial charge in [-0.3, -0.25) is 4.79 Å². The Balaban J connectivity index is 1.65. The van der Waals surface area contributed by atoms with E-state index in [4.69, 9.17) is 4.74 Å². The molecule has 22 heavy (non-hydrogen) atoms. The number of hydrogen-bond donors (Lipinski definition) is 0. The fraction of sp³-hybridized carbons (Fsp3) is 0.647. The van der Waals surface area contributed by atoms with E-state index in [-0.39, 0.29) is 24.0 Å². The minimum atomic E-state index is 0.0771. The van der Waals surface area contributed by atoms with Crippen LogP contribution in [0.5, 0.6) is 0 Å². The van der Waals surface area contributed by atoms with Crippen LogP contribution >= 0.6 is 0 Å². The van der Waals surface area contributed by atoms with Gasteiger partial charge in [0.05, 0.1) is 18.1 Å². The monoisotopic (exact) mass is 303 g/mol. The van der Waals surface area contributed by atoms with Gasteiger partial charge in [0.2, 0.25) is 5.91 Å². The van der Waals surface area contributed by atoms with E-state index in [1.165, 1.54) is 0 Å². The van der Waals surface area contributed by atoms with E-state index < -0.39 is 0 Å². The Labute approximate surface area is 132 Å². The fourth-order valence-electron chi connectivity index (χ4n) is 3.54. The minimum absolute atomic E-state index is 0.0771. The van der Waals surface area contributed by atoms with E-state index in [1.54, 1.807) is 0 Å². The summed E-state index contributed by atoms with van der Waals surface area (Å²) in [7, 11) is 0. The standard InChI is InChI=1S/C17H25N3O2/c1-13-10-20(11-14(2)22-13)17(21)15-6-5-9-19(12-15)16-7-3-4-8-18-16/h3-4,7-8,13-15H,5-6,9-12H2,1-2H3. The highest BCUT2D eigenvalue weighted by Gasteiger charge is 2.33. The molecule has 0 spiro atoms. The second-order valence-electron chi connectivity index (χ2n) is 6.47. The van der Waals surface area contributed by atoms with Crippen molar-refractivity contribution in [1.29, 1.82) is 0 Å². The molecule has 2 aliphatic heterocycles. The van der Waals surface area contributed by atoms with E-state index in [9.17, 15) is 4.79 Å². The summed E-state index contributed by atoms with van der Waals surface area (Å²) in [6.07, 6.45) is 4.09. The molecule has 3 rings (SSSR count). The molecule has 2 aliphatic rings. The van der Waals surface area contributed by atoms with Crippen molar-refractivity contribution in [2.45, 2.75) is 38.9 Å². The molecule has 0 saturated carbocycles. The van der Waals surface area contributed by atoms with Gasteiger partial charge in [0.1, 0.15) is 5.82 Å². The number of ether oxygens (including phenoxy) is 1. The number of morpholine rings is 1. The van der Waals surface area contributed by atoms with Crippen molar-refractivity contribution < 1.29 is 9.53 Å². The van der Waals surface area contributed by atoms with Gasteiger partial charge in [0.25, 0.3) is 0 Å². The van der Waals surface area contributed by atoms with Gasteiger partial charge in [-0.05, 0) is 38.8 Å². The van der Waals surface area contributed by atoms with E-state index in [1.807, 2.05) is 43.1 Å². The topological polar surface area (TPSA) is 45.7 Å². The summed E-state index contributed by atoms with van der Waals surface area (Å²) in [6.45, 7) is 7.26. The third kappa shape index (κ3) is 3.40. The second kappa shape index (κ2) is 6.65. The Morgan fingerprint density at radius 2 is 2.00 bits per heavy atom. The van der Waals surface area contributed by atoms with Crippen molar-refractivity contribution >= 4 is 11.7 Å². The normalized spacial score (nSPS) is 29.5. The maximum absolute atomic E-state index is 12.8. The molecule has 2 fully saturated rings. The molecular formula is C17H25N3O2. The first-order valence-corrected chi connectivity index (χ1v) is 8.23. The number of anilines is 1. The molecular weight excluding hydrogens is 278 g/mol. The molecule has 3 heterocycles. The Morgan fingerprint density at radius 3 is 2.68 bits per heavy atom. The predicted octanol–water partition coefficient (Wildman–Crippen LogP) is 1.93. The largest absolute Gasteiger partial charge is 0.372 e. The van der Waals surface area contributed by atoms with Crippen molar-refractivity contribution in [1.82, 2.24) is 9.88 Å². The van der Waals surface area contributed by atoms with Gasteiger partial charge in [0, 0.05) is 32.4 Å². The van der Waals surface area contributed by atoms with Crippen LogP contribution in [0.2, 0.25) is 0 Å². The first-order chi connectivity index (χ1) is 10.6. The summed E-state index contributed by atoms with van der Waals surface area (Å²) < 4.78 is 5.73. The summed E-state index contributed by atoms with van der Waals surface area (Å²) in [5.41, 5.74) is 0. The average molecular weight is 303 g/mol. The average Bonchev–Trinajstić information content (AvgIpc) is 2.54. The lowest BCUT2D eigenvalue weighted by Crippen LogP contribution is -2.52. The number of amides is 1. The fourth-order valence-corrected chi connectivity index (χ4v) is 3.54. The molecule has 0 radical (unpaired) electrons. The highest BCUT2D eigenvalue weighted by atomic mass is 16.5. The number of aromatic nitrogens is 1. The molecule has 1 amide bonds. The molecule has 3 unspecified atom stereocenters. The van der Waals surface area contributed by atoms with Crippen LogP contribution < -0.4 is 4.90 Å². The maximum atomic E-state index is 12.8. The number of nitrogens with zero attached hydrogens (tertiary/aromatic N) is 3. The van der Waals surface area contributed by atoms with Crippen LogP contribution in [-0.4, -0.2) is 54.2 Å². The van der Waals surface area contributed by atoms with Crippen LogP contribution in [-0.2, 0) is 9.53 Å². The molecule has 1 aromatic heterocycles. The maximum Gasteiger partial charge on any atom is 0.227 e. The molecule has 0 bridgehead atoms. The van der Waals surface area contributed by atoms with Crippen LogP contribution in [0.3, 0.4) is 0 Å². The van der Waals surface area contributed by atoms with Gasteiger partial charge in [0.15, 0.2) is 0 Å². The van der Waals surface area contributed by atoms with Crippen LogP contribution in [0.4, 0.5) is 5.82 Å². The van der Waals surface area contributed by atoms with Crippen LogP contribution in [0, 0.1) is 5.92 Å². The van der Waals surface area contributed by atoms with Gasteiger partial charge in [-0.1, -0.05) is 6.07 Å². The first-order valence-electron chi connectivity index (χ1n) is 8.23. The van der Waals surface area contributed by atoms with Crippen LogP contribution in [0.1, 0.15) is 26.7 Å². The summed E-state index contributed by atoms with van der Waals surface area (Å²) in [5, 5.41) is 0. The summed E-state index contributed by atoms with van der Waals surface area (Å²) >= 11 is 0. The SMILES string of the molecule is CC1CN(C(=O)C2CCCN(c3ccccn3)C2)CC(C)O1. The van der Waals surface area contributed by atoms with Gasteiger partial charge in [-0.2, -0.15) is 0 Å². The third-order valence-electron chi connectivity index (χ3n) is 4.48. The molecule has 2 saturated heterocycles. The Kier molecular flexibility index (Phi) is 4.62. The molecule has 0 aromatic carbocycles. The quantitative estimate of drug-likeness (QED) is 0.837. The number of carbonyl (C=O) groups excluding carboxylic acids is 1. The molecule has 5 heteroatoms. The smallest absolute Gasteiger partial charge is 0.227 e. The highest BCUT2D eigenvalue weighted by molar-refractivity contribution is 5.80. The van der Waals surface area contributed by atoms with E-state index >= 15 is 0 Å². The number of rotatable bonds is 2. The lowest BCUT2D eigenvalue weighted by Gasteiger charge is -2.39. The molecule has 3 atom stereocenters. The lowest BCUT2D eigenvalue weighted by atomic mass is 9.96. The van der Waals surface area contributed by atoms with Gasteiger partial charge >= 0.3 is 0 Å². The third-order valence-corrected chi connectivity index (χ3v) is 4.48. The van der Waals surface area contributed by atoms with E-state index in [0.717, 1.165) is 31.7 Å². The minimum Gasteiger partial charge on any atom is -0.372 e. The number of pyridine rings is 1. The Hall–Kier alpha value is -1.62. The zero-order valence-corrected chi connectivity index (χ0v) is 13.4. The highest BCUT2D eigenvalue weighted by Crippen LogP contribution is 2.24. The van der Waals surface area contributed by atoms with Crippen molar-refractivity contribution in [2.24, 2.45) is 5.92 Å². The van der Waals surface area contributed by atoms with Crippen LogP contribution in [0.25, 0.3) is 0 Å². The van der Waals surface area contributed by atoms with E-state index in [0.29, 0.717) is 13.1 Å². The van der Waals surface area contributed by atoms with E-state index in [2.05, 4.69) is 9.88 Å². The molecule has 1 aromatic rings. The molecule has 120 valence electrons. The molecule has 5 nitrogen and oxygen atoms in total. The Morgan fingerprint density at radius 1 is 1.23 bits per heavy atom. The summed E-state index contributed by atoms with van der Waals surface area (Å²) in [4.78, 5) is 21.5. The predicted molar refractivity (Wildman–Crippen MR) is 85.8 cm³/mol. The number of piperidine rings is 1. The second-order valence-corrected chi connectivity index (χ2v) is 6.47. The molecule has 0 N–H and O–H groups in total.